The van der Waals surface area contributed by atoms with Gasteiger partial charge in [-0.3, -0.25) is 4.99 Å². The second-order valence-corrected chi connectivity index (χ2v) is 5.32. The largest absolute Gasteiger partial charge is 0.385 e. The van der Waals surface area contributed by atoms with Crippen LogP contribution in [0.3, 0.4) is 0 Å². The van der Waals surface area contributed by atoms with Crippen LogP contribution in [0.1, 0.15) is 47.0 Å². The van der Waals surface area contributed by atoms with E-state index in [1.165, 1.54) is 19.4 Å². The summed E-state index contributed by atoms with van der Waals surface area (Å²) in [5.74, 6) is 0.920. The molecule has 0 fully saturated rings. The molecule has 2 N–H and O–H groups in total. The molecule has 6 heteroatoms. The van der Waals surface area contributed by atoms with Crippen molar-refractivity contribution in [2.75, 3.05) is 46.4 Å². The molecule has 0 rings (SSSR count). The fourth-order valence-electron chi connectivity index (χ4n) is 2.19. The van der Waals surface area contributed by atoms with E-state index in [0.29, 0.717) is 6.04 Å². The fraction of sp³-hybridized carbons (Fsp3) is 0.938. The minimum Gasteiger partial charge on any atom is -0.385 e. The Bertz CT molecular complexity index is 261. The summed E-state index contributed by atoms with van der Waals surface area (Å²) in [5.41, 5.74) is 0. The van der Waals surface area contributed by atoms with Crippen LogP contribution in [0.25, 0.3) is 0 Å². The molecule has 0 aromatic rings. The van der Waals surface area contributed by atoms with E-state index < -0.39 is 0 Å². The number of aliphatic imine (C=N–C) groups is 1. The van der Waals surface area contributed by atoms with Crippen molar-refractivity contribution in [1.82, 2.24) is 15.5 Å². The van der Waals surface area contributed by atoms with Gasteiger partial charge in [0.25, 0.3) is 0 Å². The summed E-state index contributed by atoms with van der Waals surface area (Å²) in [5, 5.41) is 6.78. The average Bonchev–Trinajstić information content (AvgIpc) is 2.48. The van der Waals surface area contributed by atoms with E-state index in [4.69, 9.17) is 4.74 Å². The molecule has 5 nitrogen and oxygen atoms in total. The molecule has 0 bridgehead atoms. The van der Waals surface area contributed by atoms with Crippen LogP contribution in [0, 0.1) is 0 Å². The molecule has 0 saturated carbocycles. The van der Waals surface area contributed by atoms with Gasteiger partial charge in [0, 0.05) is 32.8 Å². The highest BCUT2D eigenvalue weighted by Crippen LogP contribution is 1.99. The van der Waals surface area contributed by atoms with Crippen LogP contribution < -0.4 is 10.6 Å². The predicted molar refractivity (Wildman–Crippen MR) is 108 cm³/mol. The first-order valence-corrected chi connectivity index (χ1v) is 8.43. The van der Waals surface area contributed by atoms with E-state index in [1.807, 2.05) is 0 Å². The zero-order chi connectivity index (χ0) is 15.9. The molecule has 0 aromatic heterocycles. The highest BCUT2D eigenvalue weighted by atomic mass is 127. The van der Waals surface area contributed by atoms with Crippen LogP contribution in [-0.2, 0) is 4.74 Å². The van der Waals surface area contributed by atoms with Gasteiger partial charge in [0.05, 0.1) is 0 Å². The number of hydrogen-bond acceptors (Lipinski definition) is 3. The summed E-state index contributed by atoms with van der Waals surface area (Å²) in [6.45, 7) is 14.7. The van der Waals surface area contributed by atoms with Crippen LogP contribution in [-0.4, -0.2) is 63.3 Å². The third-order valence-corrected chi connectivity index (χ3v) is 3.51. The van der Waals surface area contributed by atoms with Crippen molar-refractivity contribution in [2.45, 2.75) is 53.0 Å². The van der Waals surface area contributed by atoms with E-state index in [-0.39, 0.29) is 24.0 Å². The lowest BCUT2D eigenvalue weighted by Gasteiger charge is -2.21. The van der Waals surface area contributed by atoms with Crippen LogP contribution in [0.2, 0.25) is 0 Å². The number of rotatable bonds is 12. The number of ether oxygens (including phenoxy) is 1. The Morgan fingerprint density at radius 2 is 1.86 bits per heavy atom. The Morgan fingerprint density at radius 1 is 1.18 bits per heavy atom. The standard InChI is InChI=1S/C16H36N4O.HI/c1-6-17-16(18-12-10-14-21-5)19-15(4)11-9-13-20(7-2)8-3;/h15H,6-14H2,1-5H3,(H2,17,18,19);1H. The normalized spacial score (nSPS) is 12.9. The predicted octanol–water partition coefficient (Wildman–Crippen LogP) is 2.71. The lowest BCUT2D eigenvalue weighted by atomic mass is 10.2. The molecule has 0 aliphatic heterocycles. The second-order valence-electron chi connectivity index (χ2n) is 5.32. The summed E-state index contributed by atoms with van der Waals surface area (Å²) in [7, 11) is 1.73. The Hall–Kier alpha value is -0.0800. The third-order valence-electron chi connectivity index (χ3n) is 3.51. The first-order valence-electron chi connectivity index (χ1n) is 8.43. The van der Waals surface area contributed by atoms with Crippen molar-refractivity contribution >= 4 is 29.9 Å². The zero-order valence-corrected chi connectivity index (χ0v) is 17.5. The minimum atomic E-state index is 0. The van der Waals surface area contributed by atoms with E-state index in [0.717, 1.165) is 45.2 Å². The maximum Gasteiger partial charge on any atom is 0.191 e. The van der Waals surface area contributed by atoms with Crippen LogP contribution in [0.4, 0.5) is 0 Å². The maximum absolute atomic E-state index is 5.05. The van der Waals surface area contributed by atoms with Gasteiger partial charge < -0.3 is 20.3 Å². The van der Waals surface area contributed by atoms with Crippen LogP contribution in [0.15, 0.2) is 4.99 Å². The topological polar surface area (TPSA) is 48.9 Å². The minimum absolute atomic E-state index is 0. The second kappa shape index (κ2) is 17.3. The SMILES string of the molecule is CCNC(=NCCCOC)NC(C)CCCN(CC)CC.I. The maximum atomic E-state index is 5.05. The molecule has 0 amide bonds. The monoisotopic (exact) mass is 428 g/mol. The van der Waals surface area contributed by atoms with Gasteiger partial charge in [0.2, 0.25) is 0 Å². The van der Waals surface area contributed by atoms with Crippen LogP contribution in [0.5, 0.6) is 0 Å². The highest BCUT2D eigenvalue weighted by molar-refractivity contribution is 14.0. The Morgan fingerprint density at radius 3 is 2.41 bits per heavy atom. The summed E-state index contributed by atoms with van der Waals surface area (Å²) < 4.78 is 5.05. The summed E-state index contributed by atoms with van der Waals surface area (Å²) in [6, 6.07) is 0.445. The van der Waals surface area contributed by atoms with Gasteiger partial charge in [-0.25, -0.2) is 0 Å². The number of hydrogen-bond donors (Lipinski definition) is 2. The Kier molecular flexibility index (Phi) is 19.0. The molecule has 0 radical (unpaired) electrons. The number of nitrogens with one attached hydrogen (secondary N) is 2. The van der Waals surface area contributed by atoms with Crippen LogP contribution >= 0.6 is 24.0 Å². The van der Waals surface area contributed by atoms with E-state index in [9.17, 15) is 0 Å². The van der Waals surface area contributed by atoms with Gasteiger partial charge in [-0.05, 0) is 52.7 Å². The molecule has 0 aliphatic carbocycles. The Balaban J connectivity index is 0. The first-order chi connectivity index (χ1) is 10.2. The number of methoxy groups -OCH3 is 1. The molecule has 1 unspecified atom stereocenters. The summed E-state index contributed by atoms with van der Waals surface area (Å²) in [4.78, 5) is 7.04. The van der Waals surface area contributed by atoms with E-state index in [2.05, 4.69) is 48.2 Å². The molecule has 0 saturated heterocycles. The van der Waals surface area contributed by atoms with Crippen molar-refractivity contribution in [3.05, 3.63) is 0 Å². The van der Waals surface area contributed by atoms with Crippen molar-refractivity contribution in [3.63, 3.8) is 0 Å². The van der Waals surface area contributed by atoms with Gasteiger partial charge in [-0.15, -0.1) is 24.0 Å². The zero-order valence-electron chi connectivity index (χ0n) is 15.2. The van der Waals surface area contributed by atoms with Crippen molar-refractivity contribution in [1.29, 1.82) is 0 Å². The molecule has 134 valence electrons. The molecule has 1 atom stereocenters. The van der Waals surface area contributed by atoms with Gasteiger partial charge in [0.1, 0.15) is 0 Å². The van der Waals surface area contributed by atoms with Crippen molar-refractivity contribution in [2.24, 2.45) is 4.99 Å². The first kappa shape index (κ1) is 24.2. The third kappa shape index (κ3) is 13.6. The lowest BCUT2D eigenvalue weighted by molar-refractivity contribution is 0.197. The lowest BCUT2D eigenvalue weighted by Crippen LogP contribution is -2.42. The van der Waals surface area contributed by atoms with Crippen molar-refractivity contribution in [3.8, 4) is 0 Å². The molecule has 0 heterocycles. The number of nitrogens with zero attached hydrogens (tertiary/aromatic N) is 2. The molecule has 22 heavy (non-hydrogen) atoms. The highest BCUT2D eigenvalue weighted by Gasteiger charge is 2.06. The Labute approximate surface area is 154 Å². The summed E-state index contributed by atoms with van der Waals surface area (Å²) in [6.07, 6.45) is 3.35. The van der Waals surface area contributed by atoms with Crippen molar-refractivity contribution < 1.29 is 4.74 Å². The van der Waals surface area contributed by atoms with Gasteiger partial charge in [-0.1, -0.05) is 13.8 Å². The molecule has 0 spiro atoms. The average molecular weight is 428 g/mol. The number of guanidine groups is 1. The number of halogens is 1. The summed E-state index contributed by atoms with van der Waals surface area (Å²) >= 11 is 0. The van der Waals surface area contributed by atoms with E-state index in [1.54, 1.807) is 7.11 Å². The molecular weight excluding hydrogens is 391 g/mol. The molecule has 0 aromatic carbocycles. The smallest absolute Gasteiger partial charge is 0.191 e. The quantitative estimate of drug-likeness (QED) is 0.217. The van der Waals surface area contributed by atoms with Gasteiger partial charge in [0.15, 0.2) is 5.96 Å². The molecule has 0 aliphatic rings. The molecular formula is C16H37IN4O. The van der Waals surface area contributed by atoms with Gasteiger partial charge in [-0.2, -0.15) is 0 Å². The van der Waals surface area contributed by atoms with E-state index >= 15 is 0 Å². The van der Waals surface area contributed by atoms with Gasteiger partial charge >= 0.3 is 0 Å². The fourth-order valence-corrected chi connectivity index (χ4v) is 2.19.